The molecule has 3 heterocycles. The van der Waals surface area contributed by atoms with Gasteiger partial charge in [0, 0.05) is 31.9 Å². The highest BCUT2D eigenvalue weighted by Gasteiger charge is 2.09. The summed E-state index contributed by atoms with van der Waals surface area (Å²) >= 11 is 1.67. The Kier molecular flexibility index (Phi) is 6.77. The molecule has 25 heavy (non-hydrogen) atoms. The molecule has 0 saturated carbocycles. The summed E-state index contributed by atoms with van der Waals surface area (Å²) in [5.41, 5.74) is 4.22. The molecule has 0 aromatic carbocycles. The third kappa shape index (κ3) is 4.91. The van der Waals surface area contributed by atoms with Gasteiger partial charge in [-0.3, -0.25) is 4.99 Å². The molecule has 0 spiro atoms. The summed E-state index contributed by atoms with van der Waals surface area (Å²) < 4.78 is 2.04. The van der Waals surface area contributed by atoms with Gasteiger partial charge in [-0.1, -0.05) is 0 Å². The number of hydrogen-bond acceptors (Lipinski definition) is 4. The number of nitrogens with one attached hydrogen (secondary N) is 1. The molecule has 0 aliphatic heterocycles. The first kappa shape index (κ1) is 19.6. The van der Waals surface area contributed by atoms with Crippen LogP contribution in [-0.2, 0) is 13.1 Å². The average molecular weight is 470 g/mol. The summed E-state index contributed by atoms with van der Waals surface area (Å²) in [6.45, 7) is 5.46. The molecule has 6 nitrogen and oxygen atoms in total. The van der Waals surface area contributed by atoms with Gasteiger partial charge in [0.2, 0.25) is 0 Å². The van der Waals surface area contributed by atoms with Crippen molar-refractivity contribution in [1.29, 1.82) is 0 Å². The molecule has 0 radical (unpaired) electrons. The third-order valence-corrected chi connectivity index (χ3v) is 4.55. The number of halogens is 1. The normalized spacial score (nSPS) is 11.4. The maximum atomic E-state index is 4.64. The van der Waals surface area contributed by atoms with E-state index in [9.17, 15) is 0 Å². The van der Waals surface area contributed by atoms with Gasteiger partial charge in [0.15, 0.2) is 5.96 Å². The number of guanidine groups is 1. The van der Waals surface area contributed by atoms with Gasteiger partial charge < -0.3 is 14.6 Å². The van der Waals surface area contributed by atoms with Crippen LogP contribution in [0.15, 0.2) is 34.9 Å². The van der Waals surface area contributed by atoms with Crippen LogP contribution >= 0.6 is 35.3 Å². The monoisotopic (exact) mass is 470 g/mol. The van der Waals surface area contributed by atoms with Gasteiger partial charge in [0.05, 0.1) is 29.5 Å². The Balaban J connectivity index is 0.00000225. The largest absolute Gasteiger partial charge is 0.351 e. The summed E-state index contributed by atoms with van der Waals surface area (Å²) in [5.74, 6) is 0.828. The molecule has 0 unspecified atom stereocenters. The second-order valence-corrected chi connectivity index (χ2v) is 6.88. The minimum atomic E-state index is 0. The molecule has 134 valence electrons. The number of rotatable bonds is 4. The van der Waals surface area contributed by atoms with Gasteiger partial charge in [0.25, 0.3) is 0 Å². The Morgan fingerprint density at radius 2 is 2.12 bits per heavy atom. The number of fused-ring (bicyclic) bond motifs is 1. The highest BCUT2D eigenvalue weighted by Crippen LogP contribution is 2.10. The van der Waals surface area contributed by atoms with Gasteiger partial charge in [-0.05, 0) is 31.5 Å². The zero-order valence-corrected chi connectivity index (χ0v) is 18.0. The van der Waals surface area contributed by atoms with Gasteiger partial charge in [-0.25, -0.2) is 9.97 Å². The van der Waals surface area contributed by atoms with E-state index in [1.165, 1.54) is 5.56 Å². The fourth-order valence-electron chi connectivity index (χ4n) is 2.57. The van der Waals surface area contributed by atoms with Crippen LogP contribution in [0.1, 0.15) is 22.0 Å². The van der Waals surface area contributed by atoms with E-state index in [-0.39, 0.29) is 24.0 Å². The number of aromatic nitrogens is 3. The predicted molar refractivity (Wildman–Crippen MR) is 114 cm³/mol. The van der Waals surface area contributed by atoms with E-state index >= 15 is 0 Å². The van der Waals surface area contributed by atoms with Crippen molar-refractivity contribution >= 4 is 46.9 Å². The van der Waals surface area contributed by atoms with Crippen molar-refractivity contribution in [2.75, 3.05) is 14.1 Å². The minimum Gasteiger partial charge on any atom is -0.351 e. The van der Waals surface area contributed by atoms with E-state index in [2.05, 4.69) is 49.6 Å². The fraction of sp³-hybridized carbons (Fsp3) is 0.353. The molecule has 0 atom stereocenters. The Bertz CT molecular complexity index is 869. The summed E-state index contributed by atoms with van der Waals surface area (Å²) in [4.78, 5) is 15.6. The van der Waals surface area contributed by atoms with Crippen LogP contribution < -0.4 is 5.32 Å². The first-order valence-corrected chi connectivity index (χ1v) is 8.70. The van der Waals surface area contributed by atoms with Crippen molar-refractivity contribution in [3.63, 3.8) is 0 Å². The highest BCUT2D eigenvalue weighted by molar-refractivity contribution is 14.0. The zero-order valence-electron chi connectivity index (χ0n) is 14.9. The number of pyridine rings is 1. The number of nitrogens with zero attached hydrogens (tertiary/aromatic N) is 5. The lowest BCUT2D eigenvalue weighted by atomic mass is 10.3. The zero-order chi connectivity index (χ0) is 17.1. The summed E-state index contributed by atoms with van der Waals surface area (Å²) in [7, 11) is 3.80. The van der Waals surface area contributed by atoms with E-state index in [1.54, 1.807) is 18.4 Å². The van der Waals surface area contributed by atoms with Crippen molar-refractivity contribution in [3.05, 3.63) is 51.9 Å². The lowest BCUT2D eigenvalue weighted by Crippen LogP contribution is -2.38. The Morgan fingerprint density at radius 1 is 1.32 bits per heavy atom. The van der Waals surface area contributed by atoms with Crippen LogP contribution in [0, 0.1) is 13.8 Å². The predicted octanol–water partition coefficient (Wildman–Crippen LogP) is 3.23. The van der Waals surface area contributed by atoms with Crippen LogP contribution in [0.25, 0.3) is 5.65 Å². The van der Waals surface area contributed by atoms with Gasteiger partial charge in [0.1, 0.15) is 5.65 Å². The van der Waals surface area contributed by atoms with E-state index in [0.717, 1.165) is 34.5 Å². The Morgan fingerprint density at radius 3 is 2.80 bits per heavy atom. The number of aliphatic imine (C=N–C) groups is 1. The molecule has 0 aliphatic carbocycles. The average Bonchev–Trinajstić information content (AvgIpc) is 3.13. The SMILES string of the molecule is CN=C(NCc1cn2ccc(C)cc2n1)N(C)Cc1csc(C)n1.I. The van der Waals surface area contributed by atoms with E-state index in [0.29, 0.717) is 6.54 Å². The second-order valence-electron chi connectivity index (χ2n) is 5.82. The molecule has 0 saturated heterocycles. The maximum absolute atomic E-state index is 4.64. The first-order chi connectivity index (χ1) is 11.5. The quantitative estimate of drug-likeness (QED) is 0.362. The lowest BCUT2D eigenvalue weighted by molar-refractivity contribution is 0.470. The molecule has 3 aromatic rings. The molecule has 1 N–H and O–H groups in total. The second kappa shape index (κ2) is 8.61. The molecule has 0 bridgehead atoms. The van der Waals surface area contributed by atoms with Gasteiger partial charge in [-0.2, -0.15) is 0 Å². The summed E-state index contributed by atoms with van der Waals surface area (Å²) in [6, 6.07) is 4.16. The molecule has 0 fully saturated rings. The highest BCUT2D eigenvalue weighted by atomic mass is 127. The van der Waals surface area contributed by atoms with Crippen molar-refractivity contribution in [2.45, 2.75) is 26.9 Å². The smallest absolute Gasteiger partial charge is 0.194 e. The first-order valence-electron chi connectivity index (χ1n) is 7.82. The van der Waals surface area contributed by atoms with Gasteiger partial charge >= 0.3 is 0 Å². The van der Waals surface area contributed by atoms with Gasteiger partial charge in [-0.15, -0.1) is 35.3 Å². The fourth-order valence-corrected chi connectivity index (χ4v) is 3.18. The summed E-state index contributed by atoms with van der Waals surface area (Å²) in [6.07, 6.45) is 4.07. The molecule has 0 aliphatic rings. The molecule has 3 rings (SSSR count). The molecule has 0 amide bonds. The third-order valence-electron chi connectivity index (χ3n) is 3.73. The molecular weight excluding hydrogens is 447 g/mol. The Hall–Kier alpha value is -1.68. The lowest BCUT2D eigenvalue weighted by Gasteiger charge is -2.20. The Labute approximate surface area is 169 Å². The van der Waals surface area contributed by atoms with Crippen molar-refractivity contribution in [1.82, 2.24) is 24.6 Å². The number of hydrogen-bond donors (Lipinski definition) is 1. The van der Waals surface area contributed by atoms with Crippen LogP contribution in [0.3, 0.4) is 0 Å². The van der Waals surface area contributed by atoms with Crippen LogP contribution in [0.2, 0.25) is 0 Å². The molecular formula is C17H23IN6S. The molecule has 8 heteroatoms. The topological polar surface area (TPSA) is 57.8 Å². The van der Waals surface area contributed by atoms with E-state index < -0.39 is 0 Å². The van der Waals surface area contributed by atoms with Crippen molar-refractivity contribution < 1.29 is 0 Å². The number of aryl methyl sites for hydroxylation is 2. The van der Waals surface area contributed by atoms with E-state index in [4.69, 9.17) is 0 Å². The number of imidazole rings is 1. The van der Waals surface area contributed by atoms with Crippen LogP contribution in [0.5, 0.6) is 0 Å². The maximum Gasteiger partial charge on any atom is 0.194 e. The summed E-state index contributed by atoms with van der Waals surface area (Å²) in [5, 5.41) is 6.54. The number of thiazole rings is 1. The van der Waals surface area contributed by atoms with E-state index in [1.807, 2.05) is 30.8 Å². The molecule has 3 aromatic heterocycles. The van der Waals surface area contributed by atoms with Crippen LogP contribution in [-0.4, -0.2) is 39.3 Å². The standard InChI is InChI=1S/C17H22N6S.HI/c1-12-5-6-23-10-14(21-16(23)7-12)8-19-17(18-3)22(4)9-15-11-24-13(2)20-15;/h5-7,10-11H,8-9H2,1-4H3,(H,18,19);1H. The van der Waals surface area contributed by atoms with Crippen molar-refractivity contribution in [3.8, 4) is 0 Å². The minimum absolute atomic E-state index is 0. The van der Waals surface area contributed by atoms with Crippen LogP contribution in [0.4, 0.5) is 0 Å². The van der Waals surface area contributed by atoms with Crippen molar-refractivity contribution in [2.24, 2.45) is 4.99 Å².